The molecule has 2 aliphatic rings. The van der Waals surface area contributed by atoms with Crippen LogP contribution >= 0.6 is 0 Å². The maximum atomic E-state index is 11.9. The highest BCUT2D eigenvalue weighted by molar-refractivity contribution is 5.81. The number of ether oxygens (including phenoxy) is 1. The van der Waals surface area contributed by atoms with Crippen LogP contribution in [-0.4, -0.2) is 49.2 Å². The van der Waals surface area contributed by atoms with Crippen LogP contribution in [-0.2, 0) is 9.53 Å². The number of nitrogens with zero attached hydrogens (tertiary/aromatic N) is 1. The van der Waals surface area contributed by atoms with Gasteiger partial charge in [-0.25, -0.2) is 0 Å². The normalized spacial score (nSPS) is 33.4. The fraction of sp³-hybridized carbons (Fsp3) is 0.900. The van der Waals surface area contributed by atoms with Crippen LogP contribution in [0.25, 0.3) is 0 Å². The number of piperazine rings is 1. The molecule has 2 heterocycles. The number of hydrogen-bond donors (Lipinski definition) is 1. The molecule has 1 N–H and O–H groups in total. The van der Waals surface area contributed by atoms with Gasteiger partial charge in [-0.15, -0.1) is 0 Å². The summed E-state index contributed by atoms with van der Waals surface area (Å²) < 4.78 is 5.39. The molecule has 14 heavy (non-hydrogen) atoms. The van der Waals surface area contributed by atoms with Gasteiger partial charge in [0, 0.05) is 32.3 Å². The molecule has 2 rings (SSSR count). The zero-order valence-corrected chi connectivity index (χ0v) is 8.66. The molecule has 0 aliphatic carbocycles. The SMILES string of the molecule is CC1CN(C(=O)[C@@H]2CCCO2)CCN1. The lowest BCUT2D eigenvalue weighted by Crippen LogP contribution is -2.53. The summed E-state index contributed by atoms with van der Waals surface area (Å²) in [6, 6.07) is 0.411. The van der Waals surface area contributed by atoms with Crippen LogP contribution < -0.4 is 5.32 Å². The highest BCUT2D eigenvalue weighted by atomic mass is 16.5. The largest absolute Gasteiger partial charge is 0.368 e. The van der Waals surface area contributed by atoms with Crippen molar-refractivity contribution in [1.82, 2.24) is 10.2 Å². The number of rotatable bonds is 1. The van der Waals surface area contributed by atoms with Gasteiger partial charge in [0.1, 0.15) is 6.10 Å². The summed E-state index contributed by atoms with van der Waals surface area (Å²) in [4.78, 5) is 13.8. The molecule has 80 valence electrons. The van der Waals surface area contributed by atoms with Crippen molar-refractivity contribution in [3.63, 3.8) is 0 Å². The van der Waals surface area contributed by atoms with Crippen LogP contribution in [0.5, 0.6) is 0 Å². The van der Waals surface area contributed by atoms with Gasteiger partial charge in [-0.3, -0.25) is 4.79 Å². The van der Waals surface area contributed by atoms with Crippen LogP contribution in [0.3, 0.4) is 0 Å². The molecule has 0 saturated carbocycles. The van der Waals surface area contributed by atoms with Gasteiger partial charge in [0.25, 0.3) is 5.91 Å². The van der Waals surface area contributed by atoms with E-state index in [2.05, 4.69) is 12.2 Å². The Hall–Kier alpha value is -0.610. The van der Waals surface area contributed by atoms with Crippen molar-refractivity contribution in [1.29, 1.82) is 0 Å². The summed E-state index contributed by atoms with van der Waals surface area (Å²) in [5, 5.41) is 3.32. The quantitative estimate of drug-likeness (QED) is 0.644. The summed E-state index contributed by atoms with van der Waals surface area (Å²) >= 11 is 0. The van der Waals surface area contributed by atoms with Crippen molar-refractivity contribution >= 4 is 5.91 Å². The second kappa shape index (κ2) is 4.28. The van der Waals surface area contributed by atoms with E-state index in [0.717, 1.165) is 39.1 Å². The second-order valence-electron chi connectivity index (χ2n) is 4.14. The van der Waals surface area contributed by atoms with Crippen LogP contribution in [0.1, 0.15) is 19.8 Å². The fourth-order valence-corrected chi connectivity index (χ4v) is 2.11. The third-order valence-electron chi connectivity index (χ3n) is 2.89. The van der Waals surface area contributed by atoms with Crippen molar-refractivity contribution in [3.8, 4) is 0 Å². The molecular formula is C10H18N2O2. The van der Waals surface area contributed by atoms with Crippen molar-refractivity contribution in [2.75, 3.05) is 26.2 Å². The predicted octanol–water partition coefficient (Wildman–Crippen LogP) is -0.0143. The molecule has 1 unspecified atom stereocenters. The standard InChI is InChI=1S/C10H18N2O2/c1-8-7-12(5-4-11-8)10(13)9-3-2-6-14-9/h8-9,11H,2-7H2,1H3/t8?,9-/m0/s1. The van der Waals surface area contributed by atoms with E-state index in [1.165, 1.54) is 0 Å². The van der Waals surface area contributed by atoms with Gasteiger partial charge < -0.3 is 15.0 Å². The fourth-order valence-electron chi connectivity index (χ4n) is 2.11. The van der Waals surface area contributed by atoms with Gasteiger partial charge in [0.05, 0.1) is 0 Å². The van der Waals surface area contributed by atoms with E-state index in [1.54, 1.807) is 0 Å². The van der Waals surface area contributed by atoms with Gasteiger partial charge in [-0.1, -0.05) is 0 Å². The second-order valence-corrected chi connectivity index (χ2v) is 4.14. The number of nitrogens with one attached hydrogen (secondary N) is 1. The van der Waals surface area contributed by atoms with Crippen LogP contribution in [0.2, 0.25) is 0 Å². The summed E-state index contributed by atoms with van der Waals surface area (Å²) in [5.41, 5.74) is 0. The monoisotopic (exact) mass is 198 g/mol. The third-order valence-corrected chi connectivity index (χ3v) is 2.89. The summed E-state index contributed by atoms with van der Waals surface area (Å²) in [5.74, 6) is 0.191. The molecule has 2 atom stereocenters. The van der Waals surface area contributed by atoms with E-state index in [1.807, 2.05) is 4.90 Å². The van der Waals surface area contributed by atoms with Crippen LogP contribution in [0, 0.1) is 0 Å². The van der Waals surface area contributed by atoms with Gasteiger partial charge in [0.2, 0.25) is 0 Å². The first-order chi connectivity index (χ1) is 6.77. The zero-order valence-electron chi connectivity index (χ0n) is 8.66. The summed E-state index contributed by atoms with van der Waals surface area (Å²) in [7, 11) is 0. The number of carbonyl (C=O) groups excluding carboxylic acids is 1. The molecule has 0 radical (unpaired) electrons. The van der Waals surface area contributed by atoms with Crippen LogP contribution in [0.15, 0.2) is 0 Å². The summed E-state index contributed by atoms with van der Waals surface area (Å²) in [6.07, 6.45) is 1.77. The first-order valence-electron chi connectivity index (χ1n) is 5.41. The summed E-state index contributed by atoms with van der Waals surface area (Å²) in [6.45, 7) is 5.40. The van der Waals surface area contributed by atoms with E-state index in [4.69, 9.17) is 4.74 Å². The van der Waals surface area contributed by atoms with Crippen molar-refractivity contribution < 1.29 is 9.53 Å². The van der Waals surface area contributed by atoms with E-state index in [0.29, 0.717) is 6.04 Å². The van der Waals surface area contributed by atoms with E-state index < -0.39 is 0 Å². The van der Waals surface area contributed by atoms with Crippen LogP contribution in [0.4, 0.5) is 0 Å². The predicted molar refractivity (Wildman–Crippen MR) is 53.0 cm³/mol. The average Bonchev–Trinajstić information content (AvgIpc) is 2.69. The van der Waals surface area contributed by atoms with E-state index in [9.17, 15) is 4.79 Å². The van der Waals surface area contributed by atoms with Gasteiger partial charge >= 0.3 is 0 Å². The Bertz CT molecular complexity index is 214. The molecule has 0 aromatic rings. The first kappa shape index (κ1) is 9.93. The highest BCUT2D eigenvalue weighted by Crippen LogP contribution is 2.15. The molecule has 1 amide bonds. The Labute approximate surface area is 84.6 Å². The Morgan fingerprint density at radius 1 is 1.57 bits per heavy atom. The van der Waals surface area contributed by atoms with Gasteiger partial charge in [0.15, 0.2) is 0 Å². The molecule has 4 nitrogen and oxygen atoms in total. The molecular weight excluding hydrogens is 180 g/mol. The van der Waals surface area contributed by atoms with Crippen molar-refractivity contribution in [2.24, 2.45) is 0 Å². The lowest BCUT2D eigenvalue weighted by molar-refractivity contribution is -0.142. The maximum Gasteiger partial charge on any atom is 0.251 e. The molecule has 0 aromatic heterocycles. The lowest BCUT2D eigenvalue weighted by Gasteiger charge is -2.33. The molecule has 2 saturated heterocycles. The molecule has 2 aliphatic heterocycles. The van der Waals surface area contributed by atoms with Crippen molar-refractivity contribution in [2.45, 2.75) is 31.9 Å². The molecule has 2 fully saturated rings. The lowest BCUT2D eigenvalue weighted by atomic mass is 10.1. The smallest absolute Gasteiger partial charge is 0.251 e. The molecule has 0 spiro atoms. The minimum atomic E-state index is -0.153. The Kier molecular flexibility index (Phi) is 3.03. The average molecular weight is 198 g/mol. The Morgan fingerprint density at radius 2 is 2.43 bits per heavy atom. The van der Waals surface area contributed by atoms with Gasteiger partial charge in [-0.05, 0) is 19.8 Å². The number of amides is 1. The molecule has 0 bridgehead atoms. The molecule has 4 heteroatoms. The Morgan fingerprint density at radius 3 is 3.07 bits per heavy atom. The van der Waals surface area contributed by atoms with E-state index >= 15 is 0 Å². The molecule has 0 aromatic carbocycles. The van der Waals surface area contributed by atoms with Gasteiger partial charge in [-0.2, -0.15) is 0 Å². The number of hydrogen-bond acceptors (Lipinski definition) is 3. The minimum absolute atomic E-state index is 0.153. The Balaban J connectivity index is 1.89. The minimum Gasteiger partial charge on any atom is -0.368 e. The number of carbonyl (C=O) groups is 1. The van der Waals surface area contributed by atoms with E-state index in [-0.39, 0.29) is 12.0 Å². The topological polar surface area (TPSA) is 41.6 Å². The first-order valence-corrected chi connectivity index (χ1v) is 5.41. The maximum absolute atomic E-state index is 11.9. The van der Waals surface area contributed by atoms with Crippen molar-refractivity contribution in [3.05, 3.63) is 0 Å². The highest BCUT2D eigenvalue weighted by Gasteiger charge is 2.30. The zero-order chi connectivity index (χ0) is 9.97. The third kappa shape index (κ3) is 2.07.